The molecule has 1 aromatic rings. The first-order valence-electron chi connectivity index (χ1n) is 8.30. The molecule has 0 unspecified atom stereocenters. The van der Waals surface area contributed by atoms with Crippen molar-refractivity contribution in [2.75, 3.05) is 26.3 Å². The van der Waals surface area contributed by atoms with Crippen molar-refractivity contribution in [2.24, 2.45) is 0 Å². The molecule has 2 saturated heterocycles. The Morgan fingerprint density at radius 1 is 1.39 bits per heavy atom. The minimum atomic E-state index is -0.448. The number of rotatable bonds is 2. The van der Waals surface area contributed by atoms with Crippen LogP contribution in [0.5, 0.6) is 0 Å². The quantitative estimate of drug-likeness (QED) is 0.878. The Labute approximate surface area is 136 Å². The van der Waals surface area contributed by atoms with Gasteiger partial charge >= 0.3 is 0 Å². The Hall–Kier alpha value is -1.89. The molecule has 0 bridgehead atoms. The number of aromatic nitrogens is 2. The molecule has 1 N–H and O–H groups in total. The summed E-state index contributed by atoms with van der Waals surface area (Å²) in [5, 5.41) is 7.27. The van der Waals surface area contributed by atoms with Crippen molar-refractivity contribution in [2.45, 2.75) is 45.2 Å². The molecule has 126 valence electrons. The van der Waals surface area contributed by atoms with Gasteiger partial charge in [0, 0.05) is 32.0 Å². The van der Waals surface area contributed by atoms with Crippen LogP contribution in [0.15, 0.2) is 6.20 Å². The molecule has 0 aromatic carbocycles. The van der Waals surface area contributed by atoms with Crippen LogP contribution in [0.4, 0.5) is 0 Å². The van der Waals surface area contributed by atoms with Gasteiger partial charge in [0.2, 0.25) is 5.91 Å². The number of amides is 2. The minimum Gasteiger partial charge on any atom is -0.381 e. The number of carbonyl (C=O) groups excluding carboxylic acids is 2. The van der Waals surface area contributed by atoms with Gasteiger partial charge in [-0.1, -0.05) is 0 Å². The summed E-state index contributed by atoms with van der Waals surface area (Å²) in [7, 11) is 0. The predicted octanol–water partition coefficient (Wildman–Crippen LogP) is 0.894. The van der Waals surface area contributed by atoms with Gasteiger partial charge in [-0.05, 0) is 33.1 Å². The van der Waals surface area contributed by atoms with Crippen LogP contribution in [0.25, 0.3) is 0 Å². The van der Waals surface area contributed by atoms with E-state index >= 15 is 0 Å². The summed E-state index contributed by atoms with van der Waals surface area (Å²) in [4.78, 5) is 26.5. The van der Waals surface area contributed by atoms with Crippen molar-refractivity contribution in [3.8, 4) is 0 Å². The number of hydrogen-bond donors (Lipinski definition) is 1. The van der Waals surface area contributed by atoms with E-state index in [0.717, 1.165) is 38.2 Å². The Morgan fingerprint density at radius 2 is 2.13 bits per heavy atom. The molecule has 23 heavy (non-hydrogen) atoms. The van der Waals surface area contributed by atoms with E-state index in [2.05, 4.69) is 10.4 Å². The molecule has 1 aromatic heterocycles. The Bertz CT molecular complexity index is 592. The standard InChI is InChI=1S/C16H24N4O3/c1-11-14(10-18-20(11)13-4-8-23-9-5-13)16(22)19-7-3-6-17-15(21)12(19)2/h10,12-13H,3-9H2,1-2H3,(H,17,21)/t12-/m0/s1. The molecule has 3 rings (SSSR count). The number of carbonyl (C=O) groups is 2. The molecular weight excluding hydrogens is 296 g/mol. The maximum Gasteiger partial charge on any atom is 0.257 e. The smallest absolute Gasteiger partial charge is 0.257 e. The van der Waals surface area contributed by atoms with Crippen molar-refractivity contribution in [3.63, 3.8) is 0 Å². The van der Waals surface area contributed by atoms with E-state index in [4.69, 9.17) is 4.74 Å². The predicted molar refractivity (Wildman–Crippen MR) is 84.2 cm³/mol. The molecule has 0 radical (unpaired) electrons. The van der Waals surface area contributed by atoms with Crippen LogP contribution in [0.1, 0.15) is 48.3 Å². The summed E-state index contributed by atoms with van der Waals surface area (Å²) in [6.07, 6.45) is 4.25. The Morgan fingerprint density at radius 3 is 2.87 bits per heavy atom. The Kier molecular flexibility index (Phi) is 4.66. The van der Waals surface area contributed by atoms with E-state index in [9.17, 15) is 9.59 Å². The third kappa shape index (κ3) is 3.10. The lowest BCUT2D eigenvalue weighted by atomic mass is 10.1. The molecule has 2 fully saturated rings. The van der Waals surface area contributed by atoms with Gasteiger partial charge < -0.3 is 15.0 Å². The Balaban J connectivity index is 1.82. The molecule has 7 heteroatoms. The van der Waals surface area contributed by atoms with Crippen LogP contribution >= 0.6 is 0 Å². The maximum absolute atomic E-state index is 12.9. The summed E-state index contributed by atoms with van der Waals surface area (Å²) >= 11 is 0. The van der Waals surface area contributed by atoms with Crippen molar-refractivity contribution in [1.29, 1.82) is 0 Å². The zero-order chi connectivity index (χ0) is 16.4. The van der Waals surface area contributed by atoms with Gasteiger partial charge in [-0.2, -0.15) is 5.10 Å². The van der Waals surface area contributed by atoms with E-state index in [-0.39, 0.29) is 17.9 Å². The number of hydrogen-bond acceptors (Lipinski definition) is 4. The molecular formula is C16H24N4O3. The van der Waals surface area contributed by atoms with Crippen molar-refractivity contribution in [3.05, 3.63) is 17.5 Å². The fraction of sp³-hybridized carbons (Fsp3) is 0.688. The van der Waals surface area contributed by atoms with Crippen molar-refractivity contribution >= 4 is 11.8 Å². The normalized spacial score (nSPS) is 23.5. The third-order valence-corrected chi connectivity index (χ3v) is 4.79. The van der Waals surface area contributed by atoms with E-state index in [1.54, 1.807) is 18.0 Å². The molecule has 0 spiro atoms. The average Bonchev–Trinajstić information content (AvgIpc) is 2.87. The van der Waals surface area contributed by atoms with Crippen LogP contribution in [-0.2, 0) is 9.53 Å². The zero-order valence-electron chi connectivity index (χ0n) is 13.7. The second kappa shape index (κ2) is 6.70. The molecule has 3 heterocycles. The lowest BCUT2D eigenvalue weighted by Gasteiger charge is -2.26. The number of ether oxygens (including phenoxy) is 1. The number of nitrogens with one attached hydrogen (secondary N) is 1. The third-order valence-electron chi connectivity index (χ3n) is 4.79. The van der Waals surface area contributed by atoms with Gasteiger partial charge in [0.1, 0.15) is 6.04 Å². The molecule has 2 aliphatic heterocycles. The molecule has 7 nitrogen and oxygen atoms in total. The highest BCUT2D eigenvalue weighted by Gasteiger charge is 2.31. The summed E-state index contributed by atoms with van der Waals surface area (Å²) in [6.45, 7) is 6.37. The molecule has 2 aliphatic rings. The van der Waals surface area contributed by atoms with Gasteiger partial charge in [0.25, 0.3) is 5.91 Å². The second-order valence-corrected chi connectivity index (χ2v) is 6.25. The average molecular weight is 320 g/mol. The van der Waals surface area contributed by atoms with Gasteiger partial charge in [-0.3, -0.25) is 14.3 Å². The topological polar surface area (TPSA) is 76.5 Å². The van der Waals surface area contributed by atoms with Crippen molar-refractivity contribution in [1.82, 2.24) is 20.0 Å². The largest absolute Gasteiger partial charge is 0.381 e. The molecule has 0 saturated carbocycles. The highest BCUT2D eigenvalue weighted by molar-refractivity contribution is 5.98. The highest BCUT2D eigenvalue weighted by atomic mass is 16.5. The summed E-state index contributed by atoms with van der Waals surface area (Å²) in [6, 6.07) is -0.161. The lowest BCUT2D eigenvalue weighted by molar-refractivity contribution is -0.124. The fourth-order valence-electron chi connectivity index (χ4n) is 3.31. The summed E-state index contributed by atoms with van der Waals surface area (Å²) < 4.78 is 7.33. The van der Waals surface area contributed by atoms with Gasteiger partial charge in [-0.15, -0.1) is 0 Å². The first-order valence-corrected chi connectivity index (χ1v) is 8.30. The fourth-order valence-corrected chi connectivity index (χ4v) is 3.31. The van der Waals surface area contributed by atoms with E-state index < -0.39 is 6.04 Å². The lowest BCUT2D eigenvalue weighted by Crippen LogP contribution is -2.45. The van der Waals surface area contributed by atoms with Gasteiger partial charge in [-0.25, -0.2) is 0 Å². The van der Waals surface area contributed by atoms with Crippen LogP contribution in [0.2, 0.25) is 0 Å². The minimum absolute atomic E-state index is 0.0923. The maximum atomic E-state index is 12.9. The first-order chi connectivity index (χ1) is 11.1. The van der Waals surface area contributed by atoms with E-state index in [1.165, 1.54) is 0 Å². The highest BCUT2D eigenvalue weighted by Crippen LogP contribution is 2.24. The first kappa shape index (κ1) is 16.0. The molecule has 1 atom stereocenters. The second-order valence-electron chi connectivity index (χ2n) is 6.25. The monoisotopic (exact) mass is 320 g/mol. The van der Waals surface area contributed by atoms with Gasteiger partial charge in [0.15, 0.2) is 0 Å². The summed E-state index contributed by atoms with van der Waals surface area (Å²) in [5.74, 6) is -0.198. The van der Waals surface area contributed by atoms with E-state index in [1.807, 2.05) is 11.6 Å². The number of nitrogens with zero attached hydrogens (tertiary/aromatic N) is 3. The van der Waals surface area contributed by atoms with Crippen LogP contribution in [0.3, 0.4) is 0 Å². The van der Waals surface area contributed by atoms with Gasteiger partial charge in [0.05, 0.1) is 17.8 Å². The molecule has 0 aliphatic carbocycles. The van der Waals surface area contributed by atoms with Crippen molar-refractivity contribution < 1.29 is 14.3 Å². The van der Waals surface area contributed by atoms with Crippen LogP contribution in [-0.4, -0.2) is 58.8 Å². The van der Waals surface area contributed by atoms with Crippen LogP contribution < -0.4 is 5.32 Å². The zero-order valence-corrected chi connectivity index (χ0v) is 13.7. The van der Waals surface area contributed by atoms with E-state index in [0.29, 0.717) is 18.7 Å². The molecule has 2 amide bonds. The van der Waals surface area contributed by atoms with Crippen LogP contribution in [0, 0.1) is 6.92 Å². The SMILES string of the molecule is Cc1c(C(=O)N2CCCNC(=O)[C@@H]2C)cnn1C1CCOCC1. The summed E-state index contributed by atoms with van der Waals surface area (Å²) in [5.41, 5.74) is 1.47.